The van der Waals surface area contributed by atoms with Crippen LogP contribution < -0.4 is 0 Å². The van der Waals surface area contributed by atoms with Gasteiger partial charge >= 0.3 is 5.97 Å². The molecule has 4 nitrogen and oxygen atoms in total. The van der Waals surface area contributed by atoms with E-state index < -0.39 is 5.97 Å². The van der Waals surface area contributed by atoms with E-state index in [2.05, 4.69) is 11.0 Å². The first-order chi connectivity index (χ1) is 8.66. The number of nitrogens with zero attached hydrogens (tertiary/aromatic N) is 1. The van der Waals surface area contributed by atoms with Gasteiger partial charge in [0.1, 0.15) is 5.76 Å². The summed E-state index contributed by atoms with van der Waals surface area (Å²) in [5.41, 5.74) is 1.28. The molecule has 0 amide bonds. The third-order valence-corrected chi connectivity index (χ3v) is 4.42. The van der Waals surface area contributed by atoms with Crippen LogP contribution in [0.3, 0.4) is 0 Å². The highest BCUT2D eigenvalue weighted by Crippen LogP contribution is 2.39. The van der Waals surface area contributed by atoms with Crippen LogP contribution in [0.25, 0.3) is 0 Å². The van der Waals surface area contributed by atoms with E-state index >= 15 is 0 Å². The van der Waals surface area contributed by atoms with Crippen molar-refractivity contribution >= 4 is 5.97 Å². The van der Waals surface area contributed by atoms with Crippen LogP contribution in [0.5, 0.6) is 0 Å². The van der Waals surface area contributed by atoms with Gasteiger partial charge in [-0.1, -0.05) is 6.92 Å². The van der Waals surface area contributed by atoms with Crippen LogP contribution in [-0.2, 0) is 11.2 Å². The fourth-order valence-corrected chi connectivity index (χ4v) is 3.42. The number of carboxylic acids is 1. The van der Waals surface area contributed by atoms with Crippen molar-refractivity contribution in [3.63, 3.8) is 0 Å². The van der Waals surface area contributed by atoms with Crippen LogP contribution in [0.2, 0.25) is 0 Å². The number of carboxylic acid groups (broad SMARTS) is 1. The van der Waals surface area contributed by atoms with E-state index in [0.29, 0.717) is 12.6 Å². The minimum absolute atomic E-state index is 0.220. The van der Waals surface area contributed by atoms with E-state index in [1.165, 1.54) is 5.56 Å². The number of furan rings is 1. The highest BCUT2D eigenvalue weighted by atomic mass is 16.4. The fourth-order valence-electron chi connectivity index (χ4n) is 3.42. The number of carbonyl (C=O) groups is 1. The molecule has 3 atom stereocenters. The second-order valence-corrected chi connectivity index (χ2v) is 5.58. The largest absolute Gasteiger partial charge is 0.481 e. The molecule has 0 aromatic carbocycles. The Hall–Kier alpha value is -1.29. The van der Waals surface area contributed by atoms with E-state index in [1.807, 2.05) is 6.92 Å². The van der Waals surface area contributed by atoms with E-state index in [-0.39, 0.29) is 11.8 Å². The standard InChI is InChI=1S/C14H19NO3/c1-9-7-15(8-11(9)14(16)17)12-3-2-4-13-10(12)5-6-18-13/h5-6,9,11-12H,2-4,7-8H2,1H3,(H,16,17). The average molecular weight is 249 g/mol. The lowest BCUT2D eigenvalue weighted by Gasteiger charge is -2.30. The quantitative estimate of drug-likeness (QED) is 0.874. The summed E-state index contributed by atoms with van der Waals surface area (Å²) in [4.78, 5) is 13.5. The topological polar surface area (TPSA) is 53.7 Å². The van der Waals surface area contributed by atoms with Crippen LogP contribution >= 0.6 is 0 Å². The molecule has 2 aliphatic rings. The molecule has 1 aliphatic carbocycles. The van der Waals surface area contributed by atoms with E-state index in [4.69, 9.17) is 4.42 Å². The van der Waals surface area contributed by atoms with Gasteiger partial charge in [0, 0.05) is 31.1 Å². The number of likely N-dealkylation sites (tertiary alicyclic amines) is 1. The maximum atomic E-state index is 11.2. The summed E-state index contributed by atoms with van der Waals surface area (Å²) in [7, 11) is 0. The maximum absolute atomic E-state index is 11.2. The minimum atomic E-state index is -0.659. The van der Waals surface area contributed by atoms with Crippen LogP contribution in [0, 0.1) is 11.8 Å². The van der Waals surface area contributed by atoms with Gasteiger partial charge in [0.05, 0.1) is 12.2 Å². The van der Waals surface area contributed by atoms with Crippen LogP contribution in [0.15, 0.2) is 16.7 Å². The summed E-state index contributed by atoms with van der Waals surface area (Å²) < 4.78 is 5.50. The van der Waals surface area contributed by atoms with E-state index in [1.54, 1.807) is 6.26 Å². The number of fused-ring (bicyclic) bond motifs is 1. The van der Waals surface area contributed by atoms with Crippen molar-refractivity contribution in [3.8, 4) is 0 Å². The molecule has 3 rings (SSSR count). The van der Waals surface area contributed by atoms with Crippen molar-refractivity contribution in [2.24, 2.45) is 11.8 Å². The molecule has 98 valence electrons. The van der Waals surface area contributed by atoms with Crippen LogP contribution in [-0.4, -0.2) is 29.1 Å². The van der Waals surface area contributed by atoms with Crippen molar-refractivity contribution in [2.45, 2.75) is 32.2 Å². The molecule has 3 unspecified atom stereocenters. The van der Waals surface area contributed by atoms with Gasteiger partial charge in [-0.05, 0) is 24.8 Å². The molecule has 1 aromatic heterocycles. The Bertz CT molecular complexity index is 454. The summed E-state index contributed by atoms with van der Waals surface area (Å²) in [6.07, 6.45) is 5.03. The fraction of sp³-hybridized carbons (Fsp3) is 0.643. The SMILES string of the molecule is CC1CN(C2CCCc3occc32)CC1C(=O)O. The lowest BCUT2D eigenvalue weighted by molar-refractivity contribution is -0.142. The monoisotopic (exact) mass is 249 g/mol. The zero-order valence-electron chi connectivity index (χ0n) is 10.6. The lowest BCUT2D eigenvalue weighted by Crippen LogP contribution is -2.30. The molecule has 0 saturated carbocycles. The first kappa shape index (κ1) is 11.8. The molecule has 1 aliphatic heterocycles. The summed E-state index contributed by atoms with van der Waals surface area (Å²) in [6.45, 7) is 3.59. The van der Waals surface area contributed by atoms with Crippen molar-refractivity contribution in [1.82, 2.24) is 4.90 Å². The molecule has 0 radical (unpaired) electrons. The average Bonchev–Trinajstić information content (AvgIpc) is 2.94. The van der Waals surface area contributed by atoms with Gasteiger partial charge in [-0.3, -0.25) is 9.69 Å². The summed E-state index contributed by atoms with van der Waals surface area (Å²) in [5, 5.41) is 9.21. The van der Waals surface area contributed by atoms with Gasteiger partial charge in [-0.2, -0.15) is 0 Å². The second-order valence-electron chi connectivity index (χ2n) is 5.58. The zero-order chi connectivity index (χ0) is 12.7. The van der Waals surface area contributed by atoms with Crippen molar-refractivity contribution < 1.29 is 14.3 Å². The predicted octanol–water partition coefficient (Wildman–Crippen LogP) is 2.31. The van der Waals surface area contributed by atoms with Gasteiger partial charge in [-0.15, -0.1) is 0 Å². The van der Waals surface area contributed by atoms with Gasteiger partial charge < -0.3 is 9.52 Å². The molecule has 0 spiro atoms. The highest BCUT2D eigenvalue weighted by Gasteiger charge is 2.39. The van der Waals surface area contributed by atoms with E-state index in [9.17, 15) is 9.90 Å². The molecule has 18 heavy (non-hydrogen) atoms. The number of hydrogen-bond donors (Lipinski definition) is 1. The molecular formula is C14H19NO3. The molecule has 2 heterocycles. The van der Waals surface area contributed by atoms with Gasteiger partial charge in [0.2, 0.25) is 0 Å². The van der Waals surface area contributed by atoms with E-state index in [0.717, 1.165) is 31.6 Å². The Labute approximate surface area is 107 Å². The molecule has 1 saturated heterocycles. The number of rotatable bonds is 2. The predicted molar refractivity (Wildman–Crippen MR) is 66.2 cm³/mol. The Morgan fingerprint density at radius 2 is 2.33 bits per heavy atom. The minimum Gasteiger partial charge on any atom is -0.481 e. The summed E-state index contributed by atoms with van der Waals surface area (Å²) in [5.74, 6) is 0.452. The summed E-state index contributed by atoms with van der Waals surface area (Å²) >= 11 is 0. The van der Waals surface area contributed by atoms with Crippen molar-refractivity contribution in [2.75, 3.05) is 13.1 Å². The van der Waals surface area contributed by atoms with Gasteiger partial charge in [0.15, 0.2) is 0 Å². The molecule has 1 fully saturated rings. The lowest BCUT2D eigenvalue weighted by atomic mass is 9.92. The first-order valence-corrected chi connectivity index (χ1v) is 6.70. The highest BCUT2D eigenvalue weighted by molar-refractivity contribution is 5.71. The first-order valence-electron chi connectivity index (χ1n) is 6.70. The maximum Gasteiger partial charge on any atom is 0.308 e. The van der Waals surface area contributed by atoms with Crippen LogP contribution in [0.4, 0.5) is 0 Å². The number of hydrogen-bond acceptors (Lipinski definition) is 3. The van der Waals surface area contributed by atoms with Gasteiger partial charge in [-0.25, -0.2) is 0 Å². The summed E-state index contributed by atoms with van der Waals surface area (Å²) in [6, 6.07) is 2.41. The Balaban J connectivity index is 1.80. The van der Waals surface area contributed by atoms with Gasteiger partial charge in [0.25, 0.3) is 0 Å². The Morgan fingerprint density at radius 3 is 3.06 bits per heavy atom. The molecule has 0 bridgehead atoms. The number of aliphatic carboxylic acids is 1. The molecular weight excluding hydrogens is 230 g/mol. The molecule has 1 aromatic rings. The Morgan fingerprint density at radius 1 is 1.50 bits per heavy atom. The van der Waals surface area contributed by atoms with Crippen molar-refractivity contribution in [1.29, 1.82) is 0 Å². The Kier molecular flexibility index (Phi) is 2.90. The smallest absolute Gasteiger partial charge is 0.308 e. The second kappa shape index (κ2) is 4.43. The third kappa shape index (κ3) is 1.85. The zero-order valence-corrected chi connectivity index (χ0v) is 10.6. The van der Waals surface area contributed by atoms with Crippen LogP contribution in [0.1, 0.15) is 37.1 Å². The molecule has 4 heteroatoms. The molecule has 1 N–H and O–H groups in total. The van der Waals surface area contributed by atoms with Crippen molar-refractivity contribution in [3.05, 3.63) is 23.7 Å². The third-order valence-electron chi connectivity index (χ3n) is 4.42. The normalized spacial score (nSPS) is 32.4. The number of aryl methyl sites for hydroxylation is 1.